The fourth-order valence-electron chi connectivity index (χ4n) is 2.00. The second kappa shape index (κ2) is 6.07. The van der Waals surface area contributed by atoms with Crippen molar-refractivity contribution in [2.45, 2.75) is 32.0 Å². The first-order valence-electron chi connectivity index (χ1n) is 6.18. The Kier molecular flexibility index (Phi) is 4.43. The van der Waals surface area contributed by atoms with Crippen molar-refractivity contribution in [3.05, 3.63) is 35.9 Å². The zero-order valence-electron chi connectivity index (χ0n) is 9.89. The number of hydrogen-bond donors (Lipinski definition) is 0. The topological polar surface area (TPSA) is 18.5 Å². The van der Waals surface area contributed by atoms with Gasteiger partial charge in [-0.05, 0) is 11.9 Å². The van der Waals surface area contributed by atoms with Crippen LogP contribution in [0.25, 0.3) is 0 Å². The van der Waals surface area contributed by atoms with E-state index in [1.807, 2.05) is 6.07 Å². The van der Waals surface area contributed by atoms with Gasteiger partial charge in [0.25, 0.3) is 0 Å². The first-order chi connectivity index (χ1) is 7.90. The van der Waals surface area contributed by atoms with Gasteiger partial charge in [0, 0.05) is 19.1 Å². The van der Waals surface area contributed by atoms with Crippen LogP contribution in [0.2, 0.25) is 6.32 Å². The van der Waals surface area contributed by atoms with Gasteiger partial charge in [-0.25, -0.2) is 0 Å². The lowest BCUT2D eigenvalue weighted by molar-refractivity contribution is 0.112. The summed E-state index contributed by atoms with van der Waals surface area (Å²) in [6, 6.07) is 10.5. The molecule has 0 radical (unpaired) electrons. The summed E-state index contributed by atoms with van der Waals surface area (Å²) < 4.78 is 11.4. The van der Waals surface area contributed by atoms with Crippen LogP contribution in [-0.4, -0.2) is 20.3 Å². The molecule has 1 fully saturated rings. The lowest BCUT2D eigenvalue weighted by atomic mass is 9.80. The van der Waals surface area contributed by atoms with E-state index in [1.165, 1.54) is 18.4 Å². The maximum Gasteiger partial charge on any atom is 0.456 e. The van der Waals surface area contributed by atoms with E-state index in [9.17, 15) is 0 Å². The van der Waals surface area contributed by atoms with E-state index in [-0.39, 0.29) is 7.12 Å². The van der Waals surface area contributed by atoms with Crippen molar-refractivity contribution < 1.29 is 9.31 Å². The zero-order valence-corrected chi connectivity index (χ0v) is 9.89. The van der Waals surface area contributed by atoms with Gasteiger partial charge in [-0.3, -0.25) is 0 Å². The Labute approximate surface area is 98.1 Å². The molecule has 2 nitrogen and oxygen atoms in total. The second-order valence-electron chi connectivity index (χ2n) is 4.35. The maximum absolute atomic E-state index is 5.72. The van der Waals surface area contributed by atoms with E-state index in [4.69, 9.17) is 9.31 Å². The molecule has 0 amide bonds. The molecule has 1 aliphatic rings. The third-order valence-electron chi connectivity index (χ3n) is 3.03. The molecule has 1 aromatic carbocycles. The first kappa shape index (κ1) is 11.7. The van der Waals surface area contributed by atoms with Crippen molar-refractivity contribution in [2.75, 3.05) is 13.2 Å². The molecule has 2 rings (SSSR count). The molecule has 0 bridgehead atoms. The normalized spacial score (nSPS) is 17.7. The summed E-state index contributed by atoms with van der Waals surface area (Å²) in [5.41, 5.74) is 1.32. The summed E-state index contributed by atoms with van der Waals surface area (Å²) in [7, 11) is 0.0277. The average Bonchev–Trinajstić information content (AvgIpc) is 2.38. The lowest BCUT2D eigenvalue weighted by Gasteiger charge is -2.27. The van der Waals surface area contributed by atoms with Gasteiger partial charge in [-0.15, -0.1) is 0 Å². The van der Waals surface area contributed by atoms with E-state index in [0.29, 0.717) is 5.92 Å². The minimum absolute atomic E-state index is 0.0277. The van der Waals surface area contributed by atoms with Crippen LogP contribution in [0.5, 0.6) is 0 Å². The largest absolute Gasteiger partial charge is 0.456 e. The van der Waals surface area contributed by atoms with Gasteiger partial charge in [0.05, 0.1) is 0 Å². The van der Waals surface area contributed by atoms with E-state index < -0.39 is 0 Å². The molecule has 1 aliphatic heterocycles. The highest BCUT2D eigenvalue weighted by Gasteiger charge is 2.27. The Hall–Kier alpha value is -0.795. The van der Waals surface area contributed by atoms with Crippen LogP contribution in [0, 0.1) is 0 Å². The average molecular weight is 218 g/mol. The number of benzene rings is 1. The maximum atomic E-state index is 5.72. The molecule has 1 aromatic rings. The van der Waals surface area contributed by atoms with Gasteiger partial charge in [-0.1, -0.05) is 50.1 Å². The molecule has 0 aromatic heterocycles. The molecule has 3 heteroatoms. The summed E-state index contributed by atoms with van der Waals surface area (Å²) >= 11 is 0. The molecule has 0 spiro atoms. The molecule has 1 heterocycles. The summed E-state index contributed by atoms with van der Waals surface area (Å²) in [5, 5.41) is 0. The third kappa shape index (κ3) is 3.10. The molecular weight excluding hydrogens is 199 g/mol. The van der Waals surface area contributed by atoms with Crippen molar-refractivity contribution in [3.8, 4) is 0 Å². The van der Waals surface area contributed by atoms with Gasteiger partial charge >= 0.3 is 7.12 Å². The monoisotopic (exact) mass is 218 g/mol. The summed E-state index contributed by atoms with van der Waals surface area (Å²) in [6.07, 6.45) is 3.41. The standard InChI is InChI=1S/C13H19BO2/c1-2-3-9-14-15-10-13(11-16-14)12-7-5-4-6-8-12/h4-8,13H,2-3,9-11H2,1H3. The fourth-order valence-corrected chi connectivity index (χ4v) is 2.00. The number of rotatable bonds is 4. The highest BCUT2D eigenvalue weighted by Crippen LogP contribution is 2.22. The van der Waals surface area contributed by atoms with E-state index in [1.54, 1.807) is 0 Å². The van der Waals surface area contributed by atoms with Gasteiger partial charge in [0.1, 0.15) is 0 Å². The Morgan fingerprint density at radius 3 is 2.50 bits per heavy atom. The Balaban J connectivity index is 1.81. The molecular formula is C13H19BO2. The van der Waals surface area contributed by atoms with Crippen molar-refractivity contribution in [2.24, 2.45) is 0 Å². The Morgan fingerprint density at radius 2 is 1.88 bits per heavy atom. The van der Waals surface area contributed by atoms with Gasteiger partial charge < -0.3 is 9.31 Å². The van der Waals surface area contributed by atoms with Crippen molar-refractivity contribution in [3.63, 3.8) is 0 Å². The molecule has 86 valence electrons. The summed E-state index contributed by atoms with van der Waals surface area (Å²) in [6.45, 7) is 3.77. The smallest absolute Gasteiger partial charge is 0.410 e. The van der Waals surface area contributed by atoms with Crippen LogP contribution >= 0.6 is 0 Å². The van der Waals surface area contributed by atoms with Gasteiger partial charge in [-0.2, -0.15) is 0 Å². The number of unbranched alkanes of at least 4 members (excludes halogenated alkanes) is 1. The van der Waals surface area contributed by atoms with E-state index in [2.05, 4.69) is 31.2 Å². The first-order valence-corrected chi connectivity index (χ1v) is 6.18. The highest BCUT2D eigenvalue weighted by molar-refractivity contribution is 6.44. The summed E-state index contributed by atoms with van der Waals surface area (Å²) in [5.74, 6) is 0.402. The molecule has 0 atom stereocenters. The molecule has 0 N–H and O–H groups in total. The summed E-state index contributed by atoms with van der Waals surface area (Å²) in [4.78, 5) is 0. The predicted molar refractivity (Wildman–Crippen MR) is 66.6 cm³/mol. The van der Waals surface area contributed by atoms with Crippen LogP contribution < -0.4 is 0 Å². The van der Waals surface area contributed by atoms with Crippen LogP contribution in [0.15, 0.2) is 30.3 Å². The Bertz CT molecular complexity index is 294. The van der Waals surface area contributed by atoms with Crippen molar-refractivity contribution in [1.29, 1.82) is 0 Å². The number of hydrogen-bond acceptors (Lipinski definition) is 2. The van der Waals surface area contributed by atoms with Crippen LogP contribution in [0.4, 0.5) is 0 Å². The Morgan fingerprint density at radius 1 is 1.19 bits per heavy atom. The van der Waals surface area contributed by atoms with E-state index >= 15 is 0 Å². The second-order valence-corrected chi connectivity index (χ2v) is 4.35. The molecule has 16 heavy (non-hydrogen) atoms. The third-order valence-corrected chi connectivity index (χ3v) is 3.03. The zero-order chi connectivity index (χ0) is 11.2. The van der Waals surface area contributed by atoms with Crippen molar-refractivity contribution in [1.82, 2.24) is 0 Å². The van der Waals surface area contributed by atoms with Gasteiger partial charge in [0.2, 0.25) is 0 Å². The minimum atomic E-state index is 0.0277. The molecule has 0 unspecified atom stereocenters. The lowest BCUT2D eigenvalue weighted by Crippen LogP contribution is -2.34. The molecule has 0 aliphatic carbocycles. The van der Waals surface area contributed by atoms with Crippen LogP contribution in [-0.2, 0) is 9.31 Å². The minimum Gasteiger partial charge on any atom is -0.410 e. The highest BCUT2D eigenvalue weighted by atomic mass is 16.6. The van der Waals surface area contributed by atoms with Crippen molar-refractivity contribution >= 4 is 7.12 Å². The predicted octanol–water partition coefficient (Wildman–Crippen LogP) is 3.11. The quantitative estimate of drug-likeness (QED) is 0.723. The fraction of sp³-hybridized carbons (Fsp3) is 0.538. The SMILES string of the molecule is CCCCB1OCC(c2ccccc2)CO1. The van der Waals surface area contributed by atoms with Gasteiger partial charge in [0.15, 0.2) is 0 Å². The van der Waals surface area contributed by atoms with E-state index in [0.717, 1.165) is 19.5 Å². The molecule has 1 saturated heterocycles. The molecule has 0 saturated carbocycles. The van der Waals surface area contributed by atoms with Crippen LogP contribution in [0.3, 0.4) is 0 Å². The van der Waals surface area contributed by atoms with Crippen LogP contribution in [0.1, 0.15) is 31.2 Å².